The van der Waals surface area contributed by atoms with Crippen LogP contribution in [0.2, 0.25) is 0 Å². The standard InChI is InChI=1S/C26H25N3O3S/c1-2-32-24(30)18-23-19-33(29-31)25(27-23)28-26(20-12-6-3-7-13-20,21-14-8-4-9-15-21)22-16-10-5-11-17-22/h3-17,31H,2,18-19H2,1H3. The molecule has 1 N–H and O–H groups in total. The Bertz CT molecular complexity index is 1100. The molecule has 3 aromatic rings. The first-order chi connectivity index (χ1) is 16.2. The fourth-order valence-electron chi connectivity index (χ4n) is 3.93. The Kier molecular flexibility index (Phi) is 7.22. The van der Waals surface area contributed by atoms with Gasteiger partial charge in [0.2, 0.25) is 0 Å². The van der Waals surface area contributed by atoms with Gasteiger partial charge in [-0.2, -0.15) is 0 Å². The molecule has 1 aliphatic rings. The maximum Gasteiger partial charge on any atom is 0.311 e. The molecule has 0 spiro atoms. The zero-order chi connectivity index (χ0) is 23.1. The van der Waals surface area contributed by atoms with E-state index in [1.54, 1.807) is 6.92 Å². The van der Waals surface area contributed by atoms with Gasteiger partial charge in [0.1, 0.15) is 5.54 Å². The van der Waals surface area contributed by atoms with Gasteiger partial charge in [0.25, 0.3) is 0 Å². The van der Waals surface area contributed by atoms with Crippen molar-refractivity contribution < 1.29 is 14.7 Å². The molecule has 1 heterocycles. The van der Waals surface area contributed by atoms with Gasteiger partial charge in [0.15, 0.2) is 5.17 Å². The highest BCUT2D eigenvalue weighted by Gasteiger charge is 2.38. The Balaban J connectivity index is 1.94. The number of carbonyl (C=O) groups is 1. The van der Waals surface area contributed by atoms with Crippen molar-refractivity contribution in [1.29, 1.82) is 0 Å². The summed E-state index contributed by atoms with van der Waals surface area (Å²) in [6.45, 7) is 2.07. The third-order valence-corrected chi connectivity index (χ3v) is 6.77. The van der Waals surface area contributed by atoms with E-state index >= 15 is 0 Å². The molecular formula is C26H25N3O3S. The Morgan fingerprint density at radius 3 is 1.85 bits per heavy atom. The number of amidine groups is 1. The number of rotatable bonds is 7. The van der Waals surface area contributed by atoms with Crippen molar-refractivity contribution in [1.82, 2.24) is 0 Å². The minimum atomic E-state index is -0.971. The molecule has 0 aromatic heterocycles. The van der Waals surface area contributed by atoms with E-state index in [0.717, 1.165) is 16.7 Å². The van der Waals surface area contributed by atoms with Crippen molar-refractivity contribution in [3.63, 3.8) is 0 Å². The fourth-order valence-corrected chi connectivity index (χ4v) is 5.15. The van der Waals surface area contributed by atoms with Crippen LogP contribution in [0.25, 0.3) is 0 Å². The zero-order valence-corrected chi connectivity index (χ0v) is 19.1. The molecule has 0 amide bonds. The lowest BCUT2D eigenvalue weighted by atomic mass is 9.77. The SMILES string of the molecule is CCOC(=O)CC1=NC(=NC(c2ccccc2)(c2ccccc2)c2ccccc2)S(=NO)C1. The van der Waals surface area contributed by atoms with Crippen LogP contribution in [0.1, 0.15) is 30.0 Å². The second-order valence-electron chi connectivity index (χ2n) is 7.45. The van der Waals surface area contributed by atoms with Gasteiger partial charge >= 0.3 is 5.97 Å². The van der Waals surface area contributed by atoms with Crippen LogP contribution in [-0.2, 0) is 25.8 Å². The summed E-state index contributed by atoms with van der Waals surface area (Å²) in [7, 11) is -0.971. The molecule has 1 atom stereocenters. The summed E-state index contributed by atoms with van der Waals surface area (Å²) in [5.41, 5.74) is 2.59. The molecule has 7 heteroatoms. The van der Waals surface area contributed by atoms with E-state index < -0.39 is 16.2 Å². The fraction of sp³-hybridized carbons (Fsp3) is 0.192. The van der Waals surface area contributed by atoms with E-state index in [9.17, 15) is 10.0 Å². The highest BCUT2D eigenvalue weighted by Crippen LogP contribution is 2.41. The summed E-state index contributed by atoms with van der Waals surface area (Å²) in [4.78, 5) is 21.9. The third-order valence-electron chi connectivity index (χ3n) is 5.36. The van der Waals surface area contributed by atoms with E-state index in [-0.39, 0.29) is 12.4 Å². The van der Waals surface area contributed by atoms with Crippen molar-refractivity contribution in [2.45, 2.75) is 18.9 Å². The quantitative estimate of drug-likeness (QED) is 0.309. The summed E-state index contributed by atoms with van der Waals surface area (Å²) < 4.78 is 8.64. The zero-order valence-electron chi connectivity index (χ0n) is 18.3. The van der Waals surface area contributed by atoms with E-state index in [1.807, 2.05) is 91.0 Å². The molecule has 1 aliphatic heterocycles. The lowest BCUT2D eigenvalue weighted by Crippen LogP contribution is -2.29. The monoisotopic (exact) mass is 459 g/mol. The Hall–Kier alpha value is -3.42. The second-order valence-corrected chi connectivity index (χ2v) is 9.00. The molecule has 0 fully saturated rings. The maximum atomic E-state index is 12.0. The molecular weight excluding hydrogens is 434 g/mol. The van der Waals surface area contributed by atoms with Gasteiger partial charge in [0.05, 0.1) is 18.8 Å². The largest absolute Gasteiger partial charge is 0.466 e. The van der Waals surface area contributed by atoms with Crippen LogP contribution in [0.3, 0.4) is 0 Å². The van der Waals surface area contributed by atoms with Crippen LogP contribution >= 0.6 is 0 Å². The van der Waals surface area contributed by atoms with E-state index in [1.165, 1.54) is 0 Å². The molecule has 4 rings (SSSR count). The van der Waals surface area contributed by atoms with Crippen LogP contribution < -0.4 is 0 Å². The van der Waals surface area contributed by atoms with Gasteiger partial charge in [-0.3, -0.25) is 10.0 Å². The number of hydrogen-bond acceptors (Lipinski definition) is 4. The molecule has 6 nitrogen and oxygen atoms in total. The summed E-state index contributed by atoms with van der Waals surface area (Å²) in [5.74, 6) is 0.00205. The molecule has 3 aromatic carbocycles. The van der Waals surface area contributed by atoms with Crippen molar-refractivity contribution in [2.24, 2.45) is 14.5 Å². The van der Waals surface area contributed by atoms with E-state index in [0.29, 0.717) is 23.2 Å². The van der Waals surface area contributed by atoms with Crippen LogP contribution in [-0.4, -0.2) is 34.4 Å². The number of ether oxygens (including phenoxy) is 1. The van der Waals surface area contributed by atoms with Gasteiger partial charge in [-0.25, -0.2) is 9.98 Å². The number of esters is 1. The molecule has 0 aliphatic carbocycles. The molecule has 0 bridgehead atoms. The van der Waals surface area contributed by atoms with Crippen molar-refractivity contribution in [2.75, 3.05) is 12.4 Å². The average molecular weight is 460 g/mol. The molecule has 0 saturated heterocycles. The van der Waals surface area contributed by atoms with Crippen LogP contribution in [0.15, 0.2) is 106 Å². The number of nitrogens with zero attached hydrogens (tertiary/aromatic N) is 3. The number of benzene rings is 3. The topological polar surface area (TPSA) is 83.6 Å². The summed E-state index contributed by atoms with van der Waals surface area (Å²) in [6.07, 6.45) is 0.0564. The molecule has 0 saturated carbocycles. The van der Waals surface area contributed by atoms with Crippen molar-refractivity contribution >= 4 is 27.5 Å². The molecule has 33 heavy (non-hydrogen) atoms. The van der Waals surface area contributed by atoms with E-state index in [4.69, 9.17) is 9.73 Å². The van der Waals surface area contributed by atoms with Crippen LogP contribution in [0.5, 0.6) is 0 Å². The smallest absolute Gasteiger partial charge is 0.311 e. The number of carbonyl (C=O) groups excluding carboxylic acids is 1. The minimum Gasteiger partial charge on any atom is -0.466 e. The van der Waals surface area contributed by atoms with Crippen molar-refractivity contribution in [3.05, 3.63) is 108 Å². The summed E-state index contributed by atoms with van der Waals surface area (Å²) in [5, 5.41) is 10.2. The van der Waals surface area contributed by atoms with E-state index in [2.05, 4.69) is 9.52 Å². The maximum absolute atomic E-state index is 12.0. The van der Waals surface area contributed by atoms with Gasteiger partial charge in [-0.1, -0.05) is 91.0 Å². The van der Waals surface area contributed by atoms with Crippen LogP contribution in [0.4, 0.5) is 0 Å². The second kappa shape index (κ2) is 10.5. The Morgan fingerprint density at radius 1 is 0.939 bits per heavy atom. The Morgan fingerprint density at radius 2 is 1.42 bits per heavy atom. The first kappa shape index (κ1) is 22.8. The minimum absolute atomic E-state index is 0.0564. The highest BCUT2D eigenvalue weighted by molar-refractivity contribution is 8.03. The Labute approximate surface area is 195 Å². The lowest BCUT2D eigenvalue weighted by molar-refractivity contribution is -0.141. The molecule has 0 radical (unpaired) electrons. The third kappa shape index (κ3) is 4.84. The average Bonchev–Trinajstić information content (AvgIpc) is 3.25. The first-order valence-electron chi connectivity index (χ1n) is 10.7. The first-order valence-corrected chi connectivity index (χ1v) is 12.1. The molecule has 1 unspecified atom stereocenters. The lowest BCUT2D eigenvalue weighted by Gasteiger charge is -2.32. The van der Waals surface area contributed by atoms with Crippen LogP contribution in [0, 0.1) is 0 Å². The van der Waals surface area contributed by atoms with Gasteiger partial charge in [-0.05, 0) is 23.6 Å². The number of hydrogen-bond donors (Lipinski definition) is 1. The van der Waals surface area contributed by atoms with Gasteiger partial charge in [0, 0.05) is 16.4 Å². The predicted octanol–water partition coefficient (Wildman–Crippen LogP) is 4.93. The predicted molar refractivity (Wildman–Crippen MR) is 132 cm³/mol. The summed E-state index contributed by atoms with van der Waals surface area (Å²) in [6, 6.07) is 30.0. The molecule has 168 valence electrons. The van der Waals surface area contributed by atoms with Crippen molar-refractivity contribution in [3.8, 4) is 0 Å². The normalized spacial score (nSPS) is 17.2. The van der Waals surface area contributed by atoms with Gasteiger partial charge < -0.3 is 4.74 Å². The van der Waals surface area contributed by atoms with Gasteiger partial charge in [-0.15, -0.1) is 4.53 Å². The highest BCUT2D eigenvalue weighted by atomic mass is 32.2. The number of aliphatic imine (C=N–C) groups is 2. The summed E-state index contributed by atoms with van der Waals surface area (Å²) >= 11 is 0.